The van der Waals surface area contributed by atoms with Crippen LogP contribution in [0.2, 0.25) is 0 Å². The number of Topliss-reactive ketones (excluding diaryl/α,β-unsaturated/α-hetero) is 1. The summed E-state index contributed by atoms with van der Waals surface area (Å²) in [5.41, 5.74) is 1.08. The number of amides is 1. The Morgan fingerprint density at radius 3 is 2.43 bits per heavy atom. The van der Waals surface area contributed by atoms with Crippen molar-refractivity contribution in [2.24, 2.45) is 0 Å². The maximum atomic E-state index is 12.4. The topological polar surface area (TPSA) is 37.4 Å². The van der Waals surface area contributed by atoms with E-state index in [0.717, 1.165) is 31.2 Å². The molecule has 0 bridgehead atoms. The fourth-order valence-corrected chi connectivity index (χ4v) is 4.24. The summed E-state index contributed by atoms with van der Waals surface area (Å²) in [5, 5.41) is 0. The summed E-state index contributed by atoms with van der Waals surface area (Å²) in [6.07, 6.45) is 6.21. The van der Waals surface area contributed by atoms with Crippen molar-refractivity contribution in [3.63, 3.8) is 0 Å². The quantitative estimate of drug-likeness (QED) is 0.621. The lowest BCUT2D eigenvalue weighted by Crippen LogP contribution is -2.39. The van der Waals surface area contributed by atoms with Crippen molar-refractivity contribution in [3.8, 4) is 0 Å². The molecule has 1 atom stereocenters. The zero-order chi connectivity index (χ0) is 14.9. The Kier molecular flexibility index (Phi) is 4.16. The Labute approximate surface area is 133 Å². The summed E-state index contributed by atoms with van der Waals surface area (Å²) in [4.78, 5) is 26.6. The highest BCUT2D eigenvalue weighted by Crippen LogP contribution is 2.35. The molecule has 112 valence electrons. The van der Waals surface area contributed by atoms with Gasteiger partial charge in [-0.05, 0) is 24.8 Å². The molecule has 1 aliphatic heterocycles. The number of nitrogens with zero attached hydrogens (tertiary/aromatic N) is 1. The van der Waals surface area contributed by atoms with E-state index in [0.29, 0.717) is 13.0 Å². The molecular weight excluding hydrogens is 330 g/mol. The van der Waals surface area contributed by atoms with Gasteiger partial charge in [-0.15, -0.1) is 0 Å². The van der Waals surface area contributed by atoms with Crippen molar-refractivity contribution >= 4 is 27.6 Å². The van der Waals surface area contributed by atoms with E-state index in [1.54, 1.807) is 0 Å². The Bertz CT molecular complexity index is 539. The first-order chi connectivity index (χ1) is 10.1. The minimum absolute atomic E-state index is 0.255. The minimum atomic E-state index is -0.747. The predicted molar refractivity (Wildman–Crippen MR) is 85.4 cm³/mol. The Morgan fingerprint density at radius 1 is 1.10 bits per heavy atom. The molecule has 3 rings (SSSR count). The molecule has 21 heavy (non-hydrogen) atoms. The molecule has 1 saturated carbocycles. The van der Waals surface area contributed by atoms with Gasteiger partial charge in [-0.3, -0.25) is 9.59 Å². The van der Waals surface area contributed by atoms with Crippen LogP contribution in [0.4, 0.5) is 0 Å². The number of rotatable bonds is 3. The van der Waals surface area contributed by atoms with E-state index in [1.165, 1.54) is 6.42 Å². The van der Waals surface area contributed by atoms with Crippen molar-refractivity contribution in [2.75, 3.05) is 6.54 Å². The van der Waals surface area contributed by atoms with Crippen LogP contribution in [0.15, 0.2) is 30.3 Å². The number of halogens is 1. The zero-order valence-electron chi connectivity index (χ0n) is 12.1. The van der Waals surface area contributed by atoms with Gasteiger partial charge in [0.25, 0.3) is 5.91 Å². The third-order valence-corrected chi connectivity index (χ3v) is 5.52. The van der Waals surface area contributed by atoms with Crippen LogP contribution in [0, 0.1) is 0 Å². The van der Waals surface area contributed by atoms with Gasteiger partial charge in [-0.25, -0.2) is 0 Å². The first-order valence-electron chi connectivity index (χ1n) is 7.68. The van der Waals surface area contributed by atoms with Gasteiger partial charge in [-0.2, -0.15) is 0 Å². The van der Waals surface area contributed by atoms with Crippen LogP contribution in [0.3, 0.4) is 0 Å². The van der Waals surface area contributed by atoms with Gasteiger partial charge in [0.15, 0.2) is 0 Å². The van der Waals surface area contributed by atoms with E-state index in [9.17, 15) is 9.59 Å². The molecular formula is C17H20BrNO2. The lowest BCUT2D eigenvalue weighted by Gasteiger charge is -2.31. The Balaban J connectivity index is 1.77. The second-order valence-electron chi connectivity index (χ2n) is 6.18. The normalized spacial score (nSPS) is 27.4. The molecule has 3 nitrogen and oxygen atoms in total. The van der Waals surface area contributed by atoms with E-state index in [1.807, 2.05) is 35.2 Å². The lowest BCUT2D eigenvalue weighted by molar-refractivity contribution is -0.141. The summed E-state index contributed by atoms with van der Waals surface area (Å²) >= 11 is 3.58. The van der Waals surface area contributed by atoms with Crippen LogP contribution in [-0.4, -0.2) is 33.5 Å². The standard InChI is InChI=1S/C17H20BrNO2/c18-17(11-13-7-3-1-4-8-13)12-19(16(21)15(17)20)14-9-5-2-6-10-14/h1,3-4,7-8,14H,2,5-6,9-12H2/t17-/m1/s1. The lowest BCUT2D eigenvalue weighted by atomic mass is 9.94. The molecule has 0 aromatic heterocycles. The second kappa shape index (κ2) is 5.91. The molecule has 1 saturated heterocycles. The molecule has 2 fully saturated rings. The van der Waals surface area contributed by atoms with Gasteiger partial charge in [0, 0.05) is 12.6 Å². The monoisotopic (exact) mass is 349 g/mol. The van der Waals surface area contributed by atoms with Gasteiger partial charge < -0.3 is 4.90 Å². The van der Waals surface area contributed by atoms with Crippen molar-refractivity contribution in [2.45, 2.75) is 48.9 Å². The fraction of sp³-hybridized carbons (Fsp3) is 0.529. The highest BCUT2D eigenvalue weighted by atomic mass is 79.9. The zero-order valence-corrected chi connectivity index (χ0v) is 13.6. The highest BCUT2D eigenvalue weighted by molar-refractivity contribution is 9.10. The van der Waals surface area contributed by atoms with Crippen LogP contribution in [0.1, 0.15) is 37.7 Å². The third kappa shape index (κ3) is 2.91. The van der Waals surface area contributed by atoms with Gasteiger partial charge in [0.1, 0.15) is 4.32 Å². The first-order valence-corrected chi connectivity index (χ1v) is 8.48. The van der Waals surface area contributed by atoms with E-state index < -0.39 is 4.32 Å². The van der Waals surface area contributed by atoms with Crippen molar-refractivity contribution < 1.29 is 9.59 Å². The van der Waals surface area contributed by atoms with Crippen LogP contribution < -0.4 is 0 Å². The molecule has 4 heteroatoms. The molecule has 0 radical (unpaired) electrons. The number of ketones is 1. The summed E-state index contributed by atoms with van der Waals surface area (Å²) in [5.74, 6) is -0.577. The molecule has 1 aromatic rings. The van der Waals surface area contributed by atoms with Crippen LogP contribution in [0.25, 0.3) is 0 Å². The minimum Gasteiger partial charge on any atom is -0.331 e. The molecule has 2 aliphatic rings. The van der Waals surface area contributed by atoms with E-state index in [2.05, 4.69) is 15.9 Å². The van der Waals surface area contributed by atoms with Gasteiger partial charge in [0.2, 0.25) is 5.78 Å². The predicted octanol–water partition coefficient (Wildman–Crippen LogP) is 3.11. The Morgan fingerprint density at radius 2 is 1.76 bits per heavy atom. The van der Waals surface area contributed by atoms with E-state index in [4.69, 9.17) is 0 Å². The fourth-order valence-electron chi connectivity index (χ4n) is 3.48. The number of alkyl halides is 1. The average molecular weight is 350 g/mol. The van der Waals surface area contributed by atoms with Gasteiger partial charge in [0.05, 0.1) is 0 Å². The SMILES string of the molecule is O=C1C(=O)[C@@](Br)(Cc2ccccc2)CN1C1CCCCC1. The van der Waals surface area contributed by atoms with Gasteiger partial charge in [-0.1, -0.05) is 65.5 Å². The van der Waals surface area contributed by atoms with E-state index >= 15 is 0 Å². The van der Waals surface area contributed by atoms with Crippen LogP contribution >= 0.6 is 15.9 Å². The Hall–Kier alpha value is -1.16. The molecule has 0 N–H and O–H groups in total. The van der Waals surface area contributed by atoms with Crippen molar-refractivity contribution in [3.05, 3.63) is 35.9 Å². The highest BCUT2D eigenvalue weighted by Gasteiger charge is 2.51. The smallest absolute Gasteiger partial charge is 0.291 e. The summed E-state index contributed by atoms with van der Waals surface area (Å²) < 4.78 is -0.747. The maximum absolute atomic E-state index is 12.4. The van der Waals surface area contributed by atoms with Crippen molar-refractivity contribution in [1.29, 1.82) is 0 Å². The number of benzene rings is 1. The van der Waals surface area contributed by atoms with E-state index in [-0.39, 0.29) is 17.7 Å². The van der Waals surface area contributed by atoms with Crippen molar-refractivity contribution in [1.82, 2.24) is 4.90 Å². The number of carbonyl (C=O) groups excluding carboxylic acids is 2. The largest absolute Gasteiger partial charge is 0.331 e. The molecule has 1 amide bonds. The number of likely N-dealkylation sites (tertiary alicyclic amines) is 1. The molecule has 1 aromatic carbocycles. The summed E-state index contributed by atoms with van der Waals surface area (Å²) in [7, 11) is 0. The molecule has 0 spiro atoms. The summed E-state index contributed by atoms with van der Waals surface area (Å²) in [6.45, 7) is 0.504. The van der Waals surface area contributed by atoms with Gasteiger partial charge >= 0.3 is 0 Å². The summed E-state index contributed by atoms with van der Waals surface area (Å²) in [6, 6.07) is 10.1. The van der Waals surface area contributed by atoms with Crippen LogP contribution in [0.5, 0.6) is 0 Å². The number of carbonyl (C=O) groups is 2. The first kappa shape index (κ1) is 14.8. The van der Waals surface area contributed by atoms with Crippen LogP contribution in [-0.2, 0) is 16.0 Å². The number of hydrogen-bond donors (Lipinski definition) is 0. The molecule has 1 heterocycles. The maximum Gasteiger partial charge on any atom is 0.291 e. The molecule has 0 unspecified atom stereocenters. The molecule has 1 aliphatic carbocycles. The average Bonchev–Trinajstić information content (AvgIpc) is 2.74. The third-order valence-electron chi connectivity index (χ3n) is 4.63. The number of hydrogen-bond acceptors (Lipinski definition) is 2. The second-order valence-corrected chi connectivity index (χ2v) is 7.70.